The quantitative estimate of drug-likeness (QED) is 0.202. The molecule has 0 fully saturated rings. The van der Waals surface area contributed by atoms with E-state index in [0.29, 0.717) is 0 Å². The van der Waals surface area contributed by atoms with Crippen molar-refractivity contribution in [2.24, 2.45) is 11.8 Å². The molecule has 0 amide bonds. The van der Waals surface area contributed by atoms with Gasteiger partial charge in [0.2, 0.25) is 0 Å². The Bertz CT molecular complexity index is 782. The average molecular weight is 642 g/mol. The molecule has 0 saturated heterocycles. The molecule has 0 heterocycles. The van der Waals surface area contributed by atoms with Crippen molar-refractivity contribution in [3.63, 3.8) is 0 Å². The Morgan fingerprint density at radius 1 is 0.677 bits per heavy atom. The smallest absolute Gasteiger partial charge is 0.0221 e. The van der Waals surface area contributed by atoms with Gasteiger partial charge in [-0.15, -0.1) is 0 Å². The first kappa shape index (κ1) is 25.5. The summed E-state index contributed by atoms with van der Waals surface area (Å²) in [6.07, 6.45) is 13.3. The van der Waals surface area contributed by atoms with E-state index in [9.17, 15) is 0 Å². The van der Waals surface area contributed by atoms with Crippen molar-refractivity contribution < 1.29 is 0 Å². The molecule has 2 aromatic rings. The summed E-state index contributed by atoms with van der Waals surface area (Å²) >= 11 is 5.05. The number of hydrogen-bond donors (Lipinski definition) is 0. The first-order valence-electron chi connectivity index (χ1n) is 12.6. The van der Waals surface area contributed by atoms with E-state index in [4.69, 9.17) is 0 Å². The average Bonchev–Trinajstić information content (AvgIpc) is 3.02. The second-order valence-corrected chi connectivity index (χ2v) is 12.2. The van der Waals surface area contributed by atoms with Crippen molar-refractivity contribution in [1.82, 2.24) is 0 Å². The molecule has 0 aromatic heterocycles. The Morgan fingerprint density at radius 3 is 1.45 bits per heavy atom. The summed E-state index contributed by atoms with van der Waals surface area (Å²) in [6, 6.07) is 14.5. The van der Waals surface area contributed by atoms with Gasteiger partial charge in [0.25, 0.3) is 0 Å². The normalized spacial score (nSPS) is 16.1. The van der Waals surface area contributed by atoms with Gasteiger partial charge in [0.05, 0.1) is 0 Å². The summed E-state index contributed by atoms with van der Waals surface area (Å²) in [7, 11) is 0. The molecule has 0 N–H and O–H groups in total. The number of rotatable bonds is 12. The van der Waals surface area contributed by atoms with Crippen molar-refractivity contribution in [2.45, 2.75) is 97.3 Å². The zero-order valence-electron chi connectivity index (χ0n) is 19.9. The third kappa shape index (κ3) is 5.70. The topological polar surface area (TPSA) is 0 Å². The number of hydrogen-bond acceptors (Lipinski definition) is 0. The fourth-order valence-corrected chi connectivity index (χ4v) is 6.82. The maximum atomic E-state index is 2.53. The minimum absolute atomic E-state index is 0.176. The molecule has 0 nitrogen and oxygen atoms in total. The highest BCUT2D eigenvalue weighted by molar-refractivity contribution is 14.1. The molecule has 3 rings (SSSR count). The highest BCUT2D eigenvalue weighted by Crippen LogP contribution is 2.56. The predicted molar refractivity (Wildman–Crippen MR) is 154 cm³/mol. The van der Waals surface area contributed by atoms with Gasteiger partial charge < -0.3 is 0 Å². The van der Waals surface area contributed by atoms with Crippen LogP contribution in [0, 0.1) is 19.0 Å². The lowest BCUT2D eigenvalue weighted by Gasteiger charge is -2.38. The second kappa shape index (κ2) is 11.9. The van der Waals surface area contributed by atoms with Crippen LogP contribution in [0.1, 0.15) is 103 Å². The third-order valence-corrected chi connectivity index (χ3v) is 8.99. The van der Waals surface area contributed by atoms with Crippen molar-refractivity contribution in [1.29, 1.82) is 0 Å². The SMILES string of the molecule is CCCC[C@H](CC)CC1(C[C@@H](CC)CCCC)c2cc(I)ccc2-c2ccc(I)cc21. The van der Waals surface area contributed by atoms with Crippen LogP contribution in [0.5, 0.6) is 0 Å². The third-order valence-electron chi connectivity index (χ3n) is 7.65. The van der Waals surface area contributed by atoms with Gasteiger partial charge in [-0.2, -0.15) is 0 Å². The molecule has 170 valence electrons. The van der Waals surface area contributed by atoms with E-state index in [0.717, 1.165) is 11.8 Å². The van der Waals surface area contributed by atoms with E-state index in [1.807, 2.05) is 0 Å². The van der Waals surface area contributed by atoms with E-state index in [-0.39, 0.29) is 5.41 Å². The lowest BCUT2D eigenvalue weighted by atomic mass is 9.65. The molecule has 2 heteroatoms. The van der Waals surface area contributed by atoms with Crippen LogP contribution in [0.15, 0.2) is 36.4 Å². The Kier molecular flexibility index (Phi) is 9.76. The van der Waals surface area contributed by atoms with Gasteiger partial charge in [-0.05, 0) is 116 Å². The number of unbranched alkanes of at least 4 members (excludes halogenated alkanes) is 2. The van der Waals surface area contributed by atoms with E-state index in [2.05, 4.69) is 109 Å². The Hall–Kier alpha value is -0.100. The minimum atomic E-state index is 0.176. The van der Waals surface area contributed by atoms with Gasteiger partial charge in [-0.1, -0.05) is 91.2 Å². The van der Waals surface area contributed by atoms with Crippen LogP contribution in [-0.4, -0.2) is 0 Å². The maximum absolute atomic E-state index is 2.53. The summed E-state index contributed by atoms with van der Waals surface area (Å²) in [5.41, 5.74) is 6.43. The minimum Gasteiger partial charge on any atom is -0.0654 e. The van der Waals surface area contributed by atoms with Crippen LogP contribution in [0.4, 0.5) is 0 Å². The van der Waals surface area contributed by atoms with Crippen LogP contribution in [0.3, 0.4) is 0 Å². The summed E-state index contributed by atoms with van der Waals surface area (Å²) in [5.74, 6) is 1.61. The summed E-state index contributed by atoms with van der Waals surface area (Å²) < 4.78 is 2.76. The molecule has 2 atom stereocenters. The first-order valence-corrected chi connectivity index (χ1v) is 14.7. The number of fused-ring (bicyclic) bond motifs is 3. The van der Waals surface area contributed by atoms with Gasteiger partial charge in [0.15, 0.2) is 0 Å². The van der Waals surface area contributed by atoms with Gasteiger partial charge >= 0.3 is 0 Å². The molecule has 0 bridgehead atoms. The maximum Gasteiger partial charge on any atom is 0.0221 e. The molecule has 1 aliphatic rings. The van der Waals surface area contributed by atoms with Crippen molar-refractivity contribution in [3.8, 4) is 11.1 Å². The van der Waals surface area contributed by atoms with E-state index in [1.54, 1.807) is 11.1 Å². The molecule has 0 unspecified atom stereocenters. The van der Waals surface area contributed by atoms with Gasteiger partial charge in [0.1, 0.15) is 0 Å². The molecule has 1 aliphatic carbocycles. The zero-order valence-corrected chi connectivity index (χ0v) is 24.3. The van der Waals surface area contributed by atoms with Crippen LogP contribution in [0.25, 0.3) is 11.1 Å². The molecule has 31 heavy (non-hydrogen) atoms. The van der Waals surface area contributed by atoms with Crippen molar-refractivity contribution >= 4 is 45.2 Å². The molecule has 0 saturated carbocycles. The van der Waals surface area contributed by atoms with Gasteiger partial charge in [-0.3, -0.25) is 0 Å². The Labute approximate surface area is 218 Å². The second-order valence-electron chi connectivity index (χ2n) is 9.70. The summed E-state index contributed by atoms with van der Waals surface area (Å²) in [4.78, 5) is 0. The number of halogens is 2. The Morgan fingerprint density at radius 2 is 1.10 bits per heavy atom. The van der Waals surface area contributed by atoms with Crippen LogP contribution >= 0.6 is 45.2 Å². The highest BCUT2D eigenvalue weighted by Gasteiger charge is 2.45. The van der Waals surface area contributed by atoms with Crippen LogP contribution < -0.4 is 0 Å². The fraction of sp³-hybridized carbons (Fsp3) is 0.586. The first-order chi connectivity index (χ1) is 15.0. The fourth-order valence-electron chi connectivity index (χ4n) is 5.84. The van der Waals surface area contributed by atoms with E-state index in [1.165, 1.54) is 82.5 Å². The lowest BCUT2D eigenvalue weighted by molar-refractivity contribution is 0.266. The summed E-state index contributed by atoms with van der Waals surface area (Å²) in [5, 5.41) is 0. The van der Waals surface area contributed by atoms with Crippen molar-refractivity contribution in [3.05, 3.63) is 54.7 Å². The molecule has 2 aromatic carbocycles. The largest absolute Gasteiger partial charge is 0.0654 e. The number of benzene rings is 2. The van der Waals surface area contributed by atoms with E-state index >= 15 is 0 Å². The molecular formula is C29H40I2. The monoisotopic (exact) mass is 642 g/mol. The lowest BCUT2D eigenvalue weighted by Crippen LogP contribution is -2.31. The molecular weight excluding hydrogens is 602 g/mol. The summed E-state index contributed by atoms with van der Waals surface area (Å²) in [6.45, 7) is 9.52. The van der Waals surface area contributed by atoms with Crippen LogP contribution in [-0.2, 0) is 5.41 Å². The Balaban J connectivity index is 2.16. The highest BCUT2D eigenvalue weighted by atomic mass is 127. The van der Waals surface area contributed by atoms with E-state index < -0.39 is 0 Å². The van der Waals surface area contributed by atoms with Gasteiger partial charge in [0, 0.05) is 12.6 Å². The van der Waals surface area contributed by atoms with Gasteiger partial charge in [-0.25, -0.2) is 0 Å². The predicted octanol–water partition coefficient (Wildman–Crippen LogP) is 10.4. The standard InChI is InChI=1S/C29H40I2/c1-5-9-11-21(7-3)19-29(20-22(8-4)12-10-6-2)27-17-23(30)13-15-25(27)26-16-14-24(31)18-28(26)29/h13-18,21-22H,5-12,19-20H2,1-4H3/t21-,22-/m0/s1. The zero-order chi connectivity index (χ0) is 22.4. The molecule has 0 spiro atoms. The van der Waals surface area contributed by atoms with Crippen molar-refractivity contribution in [2.75, 3.05) is 0 Å². The molecule has 0 radical (unpaired) electrons. The molecule has 0 aliphatic heterocycles. The van der Waals surface area contributed by atoms with Crippen LogP contribution in [0.2, 0.25) is 0 Å².